The summed E-state index contributed by atoms with van der Waals surface area (Å²) in [4.78, 5) is 42.2. The van der Waals surface area contributed by atoms with Crippen molar-refractivity contribution in [1.29, 1.82) is 0 Å². The van der Waals surface area contributed by atoms with E-state index in [4.69, 9.17) is 16.7 Å². The molecular formula is C24H22ClFN4O6S. The number of sulfonamides is 1. The molecule has 0 saturated carbocycles. The van der Waals surface area contributed by atoms with Crippen LogP contribution >= 0.6 is 11.6 Å². The van der Waals surface area contributed by atoms with Crippen LogP contribution in [0.3, 0.4) is 0 Å². The van der Waals surface area contributed by atoms with Crippen LogP contribution in [0.5, 0.6) is 5.75 Å². The highest BCUT2D eigenvalue weighted by atomic mass is 35.5. The number of halogens is 2. The van der Waals surface area contributed by atoms with E-state index >= 15 is 0 Å². The zero-order valence-corrected chi connectivity index (χ0v) is 21.3. The number of nitrogens with two attached hydrogens (primary N) is 1. The van der Waals surface area contributed by atoms with Crippen molar-refractivity contribution in [2.75, 3.05) is 20.6 Å². The third kappa shape index (κ3) is 4.70. The second kappa shape index (κ2) is 9.61. The number of carbonyl (C=O) groups is 2. The van der Waals surface area contributed by atoms with E-state index in [1.54, 1.807) is 0 Å². The molecule has 2 aromatic carbocycles. The summed E-state index contributed by atoms with van der Waals surface area (Å²) in [6, 6.07) is 9.21. The van der Waals surface area contributed by atoms with Crippen LogP contribution in [-0.4, -0.2) is 60.3 Å². The second-order valence-electron chi connectivity index (χ2n) is 8.62. The molecule has 194 valence electrons. The standard InChI is InChI=1S/C24H22ClFN4O6S/c1-28(2)23(33)20-16-10-11-29(12-13-4-3-5-17(25)19(13)26)22(32)18(16)21(31)24(34)30(20)14-6-8-15(9-7-14)37(27,35)36/h3-9,31H,10-12H2,1-2H3,(H2,27,35,36). The van der Waals surface area contributed by atoms with Crippen molar-refractivity contribution in [2.45, 2.75) is 17.9 Å². The van der Waals surface area contributed by atoms with Crippen molar-refractivity contribution >= 4 is 33.4 Å². The Morgan fingerprint density at radius 2 is 1.81 bits per heavy atom. The molecule has 0 unspecified atom stereocenters. The third-order valence-corrected chi connectivity index (χ3v) is 7.23. The summed E-state index contributed by atoms with van der Waals surface area (Å²) < 4.78 is 38.7. The van der Waals surface area contributed by atoms with E-state index in [2.05, 4.69) is 0 Å². The summed E-state index contributed by atoms with van der Waals surface area (Å²) in [5, 5.41) is 15.9. The lowest BCUT2D eigenvalue weighted by atomic mass is 9.95. The Labute approximate surface area is 216 Å². The second-order valence-corrected chi connectivity index (χ2v) is 10.6. The number of carbonyl (C=O) groups excluding carboxylic acids is 2. The fourth-order valence-electron chi connectivity index (χ4n) is 4.19. The van der Waals surface area contributed by atoms with Gasteiger partial charge in [0.2, 0.25) is 10.0 Å². The SMILES string of the molecule is CN(C)C(=O)c1c2c(c(O)c(=O)n1-c1ccc(S(N)(=O)=O)cc1)C(=O)N(Cc1cccc(Cl)c1F)CC2. The monoisotopic (exact) mass is 548 g/mol. The van der Waals surface area contributed by atoms with Gasteiger partial charge >= 0.3 is 0 Å². The average Bonchev–Trinajstić information content (AvgIpc) is 2.84. The molecule has 1 aliphatic rings. The number of aromatic nitrogens is 1. The van der Waals surface area contributed by atoms with Gasteiger partial charge in [0.05, 0.1) is 15.5 Å². The highest BCUT2D eigenvalue weighted by Crippen LogP contribution is 2.31. The van der Waals surface area contributed by atoms with Gasteiger partial charge in [-0.25, -0.2) is 17.9 Å². The van der Waals surface area contributed by atoms with Gasteiger partial charge in [0.15, 0.2) is 5.75 Å². The molecule has 1 aliphatic heterocycles. The van der Waals surface area contributed by atoms with Gasteiger partial charge in [0, 0.05) is 44.0 Å². The number of aromatic hydroxyl groups is 1. The molecular weight excluding hydrogens is 527 g/mol. The van der Waals surface area contributed by atoms with Crippen LogP contribution in [0.15, 0.2) is 52.2 Å². The highest BCUT2D eigenvalue weighted by Gasteiger charge is 2.36. The van der Waals surface area contributed by atoms with Crippen LogP contribution in [0.2, 0.25) is 5.02 Å². The summed E-state index contributed by atoms with van der Waals surface area (Å²) in [6.45, 7) is -0.104. The molecule has 0 aliphatic carbocycles. The first kappa shape index (κ1) is 26.3. The molecule has 0 spiro atoms. The van der Waals surface area contributed by atoms with Crippen LogP contribution in [0.25, 0.3) is 5.69 Å². The summed E-state index contributed by atoms with van der Waals surface area (Å²) >= 11 is 5.85. The first-order chi connectivity index (χ1) is 17.3. The lowest BCUT2D eigenvalue weighted by Gasteiger charge is -2.31. The third-order valence-electron chi connectivity index (χ3n) is 6.01. The first-order valence-electron chi connectivity index (χ1n) is 10.9. The minimum absolute atomic E-state index is 0.0630. The first-order valence-corrected chi connectivity index (χ1v) is 12.8. The van der Waals surface area contributed by atoms with Crippen LogP contribution in [0.1, 0.15) is 32.0 Å². The Morgan fingerprint density at radius 3 is 2.41 bits per heavy atom. The van der Waals surface area contributed by atoms with Crippen LogP contribution in [0.4, 0.5) is 4.39 Å². The molecule has 2 heterocycles. The maximum absolute atomic E-state index is 14.5. The largest absolute Gasteiger partial charge is 0.502 e. The van der Waals surface area contributed by atoms with Gasteiger partial charge in [-0.3, -0.25) is 19.0 Å². The molecule has 0 radical (unpaired) electrons. The van der Waals surface area contributed by atoms with Crippen LogP contribution in [-0.2, 0) is 23.0 Å². The Hall–Kier alpha value is -3.74. The minimum Gasteiger partial charge on any atom is -0.502 e. The average molecular weight is 549 g/mol. The maximum atomic E-state index is 14.5. The number of amides is 2. The molecule has 4 rings (SSSR count). The molecule has 1 aromatic heterocycles. The van der Waals surface area contributed by atoms with Gasteiger partial charge in [-0.1, -0.05) is 23.7 Å². The number of hydrogen-bond donors (Lipinski definition) is 2. The normalized spacial score (nSPS) is 13.4. The molecule has 0 bridgehead atoms. The summed E-state index contributed by atoms with van der Waals surface area (Å²) in [6.07, 6.45) is 0.0707. The number of hydrogen-bond acceptors (Lipinski definition) is 6. The fraction of sp³-hybridized carbons (Fsp3) is 0.208. The van der Waals surface area contributed by atoms with E-state index in [9.17, 15) is 32.3 Å². The zero-order valence-electron chi connectivity index (χ0n) is 19.7. The molecule has 3 aromatic rings. The minimum atomic E-state index is -4.02. The fourth-order valence-corrected chi connectivity index (χ4v) is 4.90. The quantitative estimate of drug-likeness (QED) is 0.498. The number of rotatable bonds is 5. The molecule has 13 heteroatoms. The summed E-state index contributed by atoms with van der Waals surface area (Å²) in [7, 11) is -1.10. The Kier molecular flexibility index (Phi) is 6.84. The van der Waals surface area contributed by atoms with Crippen LogP contribution in [0, 0.1) is 5.82 Å². The Bertz CT molecular complexity index is 1600. The van der Waals surface area contributed by atoms with E-state index in [0.29, 0.717) is 0 Å². The predicted octanol–water partition coefficient (Wildman–Crippen LogP) is 1.88. The number of fused-ring (bicyclic) bond motifs is 1. The van der Waals surface area contributed by atoms with E-state index in [0.717, 1.165) is 16.7 Å². The predicted molar refractivity (Wildman–Crippen MR) is 133 cm³/mol. The van der Waals surface area contributed by atoms with Crippen molar-refractivity contribution in [3.8, 4) is 11.4 Å². The molecule has 10 nitrogen and oxygen atoms in total. The van der Waals surface area contributed by atoms with Gasteiger partial charge < -0.3 is 14.9 Å². The van der Waals surface area contributed by atoms with Crippen molar-refractivity contribution in [2.24, 2.45) is 5.14 Å². The number of nitrogens with zero attached hydrogens (tertiary/aromatic N) is 3. The van der Waals surface area contributed by atoms with Gasteiger partial charge in [-0.2, -0.15) is 0 Å². The number of pyridine rings is 1. The van der Waals surface area contributed by atoms with Crippen molar-refractivity contribution in [3.05, 3.63) is 86.0 Å². The summed E-state index contributed by atoms with van der Waals surface area (Å²) in [5.74, 6) is -2.94. The molecule has 0 atom stereocenters. The molecule has 0 saturated heterocycles. The van der Waals surface area contributed by atoms with E-state index in [1.165, 1.54) is 54.2 Å². The zero-order chi connectivity index (χ0) is 27.2. The highest BCUT2D eigenvalue weighted by molar-refractivity contribution is 7.89. The van der Waals surface area contributed by atoms with Crippen molar-refractivity contribution in [3.63, 3.8) is 0 Å². The Balaban J connectivity index is 1.89. The lowest BCUT2D eigenvalue weighted by Crippen LogP contribution is -2.42. The topological polar surface area (TPSA) is 143 Å². The van der Waals surface area contributed by atoms with Crippen LogP contribution < -0.4 is 10.7 Å². The lowest BCUT2D eigenvalue weighted by molar-refractivity contribution is 0.0718. The maximum Gasteiger partial charge on any atom is 0.298 e. The van der Waals surface area contributed by atoms with Crippen molar-refractivity contribution < 1.29 is 27.5 Å². The van der Waals surface area contributed by atoms with Gasteiger partial charge in [-0.05, 0) is 36.8 Å². The number of benzene rings is 2. The molecule has 2 amide bonds. The molecule has 37 heavy (non-hydrogen) atoms. The van der Waals surface area contributed by atoms with E-state index < -0.39 is 39.0 Å². The van der Waals surface area contributed by atoms with Gasteiger partial charge in [0.25, 0.3) is 17.4 Å². The molecule has 0 fully saturated rings. The van der Waals surface area contributed by atoms with Gasteiger partial charge in [0.1, 0.15) is 11.5 Å². The number of primary sulfonamides is 1. The smallest absolute Gasteiger partial charge is 0.298 e. The van der Waals surface area contributed by atoms with Gasteiger partial charge in [-0.15, -0.1) is 0 Å². The summed E-state index contributed by atoms with van der Waals surface area (Å²) in [5.41, 5.74) is -1.20. The van der Waals surface area contributed by atoms with Crippen molar-refractivity contribution in [1.82, 2.24) is 14.4 Å². The Morgan fingerprint density at radius 1 is 1.16 bits per heavy atom. The van der Waals surface area contributed by atoms with E-state index in [-0.39, 0.29) is 57.5 Å². The van der Waals surface area contributed by atoms with E-state index in [1.807, 2.05) is 0 Å². The molecule has 3 N–H and O–H groups in total.